The number of aryl methyl sites for hydroxylation is 1. The predicted molar refractivity (Wildman–Crippen MR) is 61.7 cm³/mol. The number of hydrogen-bond donors (Lipinski definition) is 2. The highest BCUT2D eigenvalue weighted by molar-refractivity contribution is 5.52. The van der Waals surface area contributed by atoms with Crippen molar-refractivity contribution < 1.29 is 5.11 Å². The minimum atomic E-state index is 0.252. The molecule has 0 spiro atoms. The first-order valence-electron chi connectivity index (χ1n) is 5.41. The number of anilines is 1. The second-order valence-corrected chi connectivity index (χ2v) is 4.09. The summed E-state index contributed by atoms with van der Waals surface area (Å²) in [6, 6.07) is 6.91. The maximum Gasteiger partial charge on any atom is 0.130 e. The minimum Gasteiger partial charge on any atom is -0.508 e. The summed E-state index contributed by atoms with van der Waals surface area (Å²) >= 11 is 0. The van der Waals surface area contributed by atoms with Crippen LogP contribution in [0.2, 0.25) is 0 Å². The summed E-state index contributed by atoms with van der Waals surface area (Å²) in [5.41, 5.74) is 9.26. The molecule has 1 aliphatic carbocycles. The molecule has 2 aromatic rings. The molecular formula is C12H13N3O. The maximum atomic E-state index is 9.23. The van der Waals surface area contributed by atoms with Crippen molar-refractivity contribution in [3.8, 4) is 11.4 Å². The van der Waals surface area contributed by atoms with E-state index in [-0.39, 0.29) is 5.75 Å². The Labute approximate surface area is 93.3 Å². The summed E-state index contributed by atoms with van der Waals surface area (Å²) in [6.07, 6.45) is 3.20. The Morgan fingerprint density at radius 3 is 2.62 bits per heavy atom. The number of nitrogens with zero attached hydrogens (tertiary/aromatic N) is 2. The minimum absolute atomic E-state index is 0.252. The molecule has 0 fully saturated rings. The smallest absolute Gasteiger partial charge is 0.130 e. The highest BCUT2D eigenvalue weighted by atomic mass is 16.3. The lowest BCUT2D eigenvalue weighted by Crippen LogP contribution is -2.03. The molecule has 0 radical (unpaired) electrons. The van der Waals surface area contributed by atoms with Gasteiger partial charge in [-0.05, 0) is 43.5 Å². The molecule has 3 N–H and O–H groups in total. The fraction of sp³-hybridized carbons (Fsp3) is 0.250. The van der Waals surface area contributed by atoms with Gasteiger partial charge in [0.15, 0.2) is 0 Å². The van der Waals surface area contributed by atoms with Crippen LogP contribution in [0.4, 0.5) is 5.82 Å². The van der Waals surface area contributed by atoms with Gasteiger partial charge in [0.05, 0.1) is 11.4 Å². The molecule has 0 unspecified atom stereocenters. The van der Waals surface area contributed by atoms with E-state index in [9.17, 15) is 5.11 Å². The molecule has 1 aromatic heterocycles. The highest BCUT2D eigenvalue weighted by Gasteiger charge is 2.20. The fourth-order valence-electron chi connectivity index (χ4n) is 2.21. The molecule has 0 amide bonds. The Morgan fingerprint density at radius 2 is 1.94 bits per heavy atom. The van der Waals surface area contributed by atoms with Gasteiger partial charge in [-0.2, -0.15) is 5.10 Å². The lowest BCUT2D eigenvalue weighted by atomic mass is 10.2. The van der Waals surface area contributed by atoms with E-state index in [0.717, 1.165) is 36.5 Å². The molecule has 4 heteroatoms. The van der Waals surface area contributed by atoms with Crippen molar-refractivity contribution in [1.82, 2.24) is 9.78 Å². The van der Waals surface area contributed by atoms with Crippen LogP contribution >= 0.6 is 0 Å². The summed E-state index contributed by atoms with van der Waals surface area (Å²) < 4.78 is 1.75. The van der Waals surface area contributed by atoms with E-state index in [1.165, 1.54) is 5.56 Å². The Balaban J connectivity index is 2.10. The monoisotopic (exact) mass is 215 g/mol. The Kier molecular flexibility index (Phi) is 1.89. The first-order chi connectivity index (χ1) is 7.75. The second kappa shape index (κ2) is 3.27. The van der Waals surface area contributed by atoms with Crippen LogP contribution in [0.25, 0.3) is 5.69 Å². The lowest BCUT2D eigenvalue weighted by molar-refractivity contribution is 0.475. The van der Waals surface area contributed by atoms with Gasteiger partial charge in [-0.3, -0.25) is 0 Å². The topological polar surface area (TPSA) is 64.1 Å². The van der Waals surface area contributed by atoms with Crippen LogP contribution < -0.4 is 5.73 Å². The van der Waals surface area contributed by atoms with Crippen molar-refractivity contribution in [2.45, 2.75) is 19.3 Å². The number of nitrogen functional groups attached to an aromatic ring is 1. The number of fused-ring (bicyclic) bond motifs is 1. The molecule has 3 rings (SSSR count). The van der Waals surface area contributed by atoms with Gasteiger partial charge in [0, 0.05) is 5.56 Å². The summed E-state index contributed by atoms with van der Waals surface area (Å²) in [4.78, 5) is 0. The molecule has 16 heavy (non-hydrogen) atoms. The highest BCUT2D eigenvalue weighted by Crippen LogP contribution is 2.28. The van der Waals surface area contributed by atoms with Gasteiger partial charge in [-0.25, -0.2) is 4.68 Å². The number of rotatable bonds is 1. The van der Waals surface area contributed by atoms with Crippen LogP contribution in [0.15, 0.2) is 24.3 Å². The van der Waals surface area contributed by atoms with Crippen molar-refractivity contribution in [1.29, 1.82) is 0 Å². The normalized spacial score (nSPS) is 14.0. The van der Waals surface area contributed by atoms with E-state index in [2.05, 4.69) is 5.10 Å². The second-order valence-electron chi connectivity index (χ2n) is 4.09. The number of phenolic OH excluding ortho intramolecular Hbond substituents is 1. The van der Waals surface area contributed by atoms with Crippen molar-refractivity contribution in [3.63, 3.8) is 0 Å². The summed E-state index contributed by atoms with van der Waals surface area (Å²) in [7, 11) is 0. The lowest BCUT2D eigenvalue weighted by Gasteiger charge is -2.05. The van der Waals surface area contributed by atoms with E-state index in [1.54, 1.807) is 16.8 Å². The molecule has 1 heterocycles. The first kappa shape index (κ1) is 9.27. The number of aromatic hydroxyl groups is 1. The molecule has 0 aliphatic heterocycles. The summed E-state index contributed by atoms with van der Waals surface area (Å²) in [5, 5.41) is 13.7. The Bertz CT molecular complexity index is 528. The molecule has 82 valence electrons. The van der Waals surface area contributed by atoms with Gasteiger partial charge >= 0.3 is 0 Å². The third-order valence-corrected chi connectivity index (χ3v) is 3.04. The van der Waals surface area contributed by atoms with Crippen LogP contribution in [0, 0.1) is 0 Å². The molecule has 1 aromatic carbocycles. The zero-order valence-corrected chi connectivity index (χ0v) is 8.85. The van der Waals surface area contributed by atoms with Gasteiger partial charge in [0.25, 0.3) is 0 Å². The average molecular weight is 215 g/mol. The number of aromatic nitrogens is 2. The van der Waals surface area contributed by atoms with Crippen molar-refractivity contribution in [3.05, 3.63) is 35.5 Å². The largest absolute Gasteiger partial charge is 0.508 e. The van der Waals surface area contributed by atoms with Crippen LogP contribution in [-0.4, -0.2) is 14.9 Å². The predicted octanol–water partition coefficient (Wildman–Crippen LogP) is 1.65. The Morgan fingerprint density at radius 1 is 1.19 bits per heavy atom. The maximum absolute atomic E-state index is 9.23. The van der Waals surface area contributed by atoms with Gasteiger partial charge < -0.3 is 10.8 Å². The number of hydrogen-bond acceptors (Lipinski definition) is 3. The molecule has 1 aliphatic rings. The van der Waals surface area contributed by atoms with Crippen LogP contribution in [-0.2, 0) is 12.8 Å². The third kappa shape index (κ3) is 1.26. The molecule has 4 nitrogen and oxygen atoms in total. The molecular weight excluding hydrogens is 202 g/mol. The van der Waals surface area contributed by atoms with E-state index in [1.807, 2.05) is 12.1 Å². The number of benzene rings is 1. The Hall–Kier alpha value is -1.97. The van der Waals surface area contributed by atoms with E-state index >= 15 is 0 Å². The van der Waals surface area contributed by atoms with Crippen LogP contribution in [0.3, 0.4) is 0 Å². The number of nitrogens with two attached hydrogens (primary N) is 1. The van der Waals surface area contributed by atoms with Crippen LogP contribution in [0.5, 0.6) is 5.75 Å². The van der Waals surface area contributed by atoms with Gasteiger partial charge in [-0.15, -0.1) is 0 Å². The number of phenols is 1. The van der Waals surface area contributed by atoms with Crippen LogP contribution in [0.1, 0.15) is 17.7 Å². The zero-order valence-electron chi connectivity index (χ0n) is 8.85. The summed E-state index contributed by atoms with van der Waals surface area (Å²) in [5.74, 6) is 0.986. The molecule has 0 saturated heterocycles. The molecule has 0 atom stereocenters. The molecule has 0 saturated carbocycles. The van der Waals surface area contributed by atoms with Crippen molar-refractivity contribution in [2.24, 2.45) is 0 Å². The average Bonchev–Trinajstić information content (AvgIpc) is 2.84. The summed E-state index contributed by atoms with van der Waals surface area (Å²) in [6.45, 7) is 0. The third-order valence-electron chi connectivity index (χ3n) is 3.04. The van der Waals surface area contributed by atoms with Gasteiger partial charge in [-0.1, -0.05) is 0 Å². The first-order valence-corrected chi connectivity index (χ1v) is 5.41. The van der Waals surface area contributed by atoms with Crippen molar-refractivity contribution >= 4 is 5.82 Å². The van der Waals surface area contributed by atoms with E-state index < -0.39 is 0 Å². The van der Waals surface area contributed by atoms with Crippen molar-refractivity contribution in [2.75, 3.05) is 5.73 Å². The molecule has 0 bridgehead atoms. The van der Waals surface area contributed by atoms with E-state index in [4.69, 9.17) is 5.73 Å². The zero-order chi connectivity index (χ0) is 11.1. The van der Waals surface area contributed by atoms with Gasteiger partial charge in [0.2, 0.25) is 0 Å². The SMILES string of the molecule is Nc1c2c(nn1-c1ccc(O)cc1)CCC2. The van der Waals surface area contributed by atoms with Gasteiger partial charge in [0.1, 0.15) is 11.6 Å². The fourth-order valence-corrected chi connectivity index (χ4v) is 2.21. The van der Waals surface area contributed by atoms with E-state index in [0.29, 0.717) is 0 Å². The standard InChI is InChI=1S/C12H13N3O/c13-12-10-2-1-3-11(10)14-15(12)8-4-6-9(16)7-5-8/h4-7,16H,1-3,13H2. The quantitative estimate of drug-likeness (QED) is 0.760.